The second-order valence-corrected chi connectivity index (χ2v) is 4.92. The highest BCUT2D eigenvalue weighted by Gasteiger charge is 2.19. The van der Waals surface area contributed by atoms with Crippen molar-refractivity contribution in [2.75, 3.05) is 19.5 Å². The number of hydrogen-bond acceptors (Lipinski definition) is 6. The highest BCUT2D eigenvalue weighted by atomic mass is 35.5. The minimum Gasteiger partial charge on any atom is -0.465 e. The van der Waals surface area contributed by atoms with Crippen molar-refractivity contribution >= 4 is 35.9 Å². The Bertz CT molecular complexity index is 555. The summed E-state index contributed by atoms with van der Waals surface area (Å²) >= 11 is 0. The molecule has 1 aromatic carbocycles. The number of carbonyl (C=O) groups excluding carboxylic acids is 3. The van der Waals surface area contributed by atoms with Crippen molar-refractivity contribution in [1.82, 2.24) is 0 Å². The topological polar surface area (TPSA) is 108 Å². The quantitative estimate of drug-likeness (QED) is 0.785. The van der Waals surface area contributed by atoms with Crippen molar-refractivity contribution in [3.63, 3.8) is 0 Å². The highest BCUT2D eigenvalue weighted by Crippen LogP contribution is 2.18. The maximum Gasteiger partial charge on any atom is 0.337 e. The summed E-state index contributed by atoms with van der Waals surface area (Å²) in [7, 11) is 2.45. The van der Waals surface area contributed by atoms with Crippen molar-refractivity contribution < 1.29 is 23.9 Å². The van der Waals surface area contributed by atoms with E-state index in [1.54, 1.807) is 13.8 Å². The first-order chi connectivity index (χ1) is 10.3. The summed E-state index contributed by atoms with van der Waals surface area (Å²) in [6, 6.07) is 3.85. The fraction of sp³-hybridized carbons (Fsp3) is 0.400. The number of esters is 2. The molecule has 2 unspecified atom stereocenters. The summed E-state index contributed by atoms with van der Waals surface area (Å²) < 4.78 is 9.25. The van der Waals surface area contributed by atoms with Gasteiger partial charge >= 0.3 is 11.9 Å². The first kappa shape index (κ1) is 20.9. The fourth-order valence-corrected chi connectivity index (χ4v) is 1.67. The average Bonchev–Trinajstić information content (AvgIpc) is 2.51. The molecule has 0 radical (unpaired) electrons. The Balaban J connectivity index is 0.00000484. The van der Waals surface area contributed by atoms with Crippen LogP contribution in [0.25, 0.3) is 0 Å². The van der Waals surface area contributed by atoms with Gasteiger partial charge in [0.05, 0.1) is 31.3 Å². The van der Waals surface area contributed by atoms with Crippen molar-refractivity contribution in [3.05, 3.63) is 29.3 Å². The minimum atomic E-state index is -0.624. The van der Waals surface area contributed by atoms with E-state index in [1.165, 1.54) is 32.4 Å². The van der Waals surface area contributed by atoms with Gasteiger partial charge in [0.2, 0.25) is 5.91 Å². The van der Waals surface area contributed by atoms with Gasteiger partial charge in [0.25, 0.3) is 0 Å². The third kappa shape index (κ3) is 5.54. The van der Waals surface area contributed by atoms with E-state index in [0.717, 1.165) is 0 Å². The van der Waals surface area contributed by atoms with E-state index in [9.17, 15) is 14.4 Å². The summed E-state index contributed by atoms with van der Waals surface area (Å²) in [5.74, 6) is -1.99. The van der Waals surface area contributed by atoms with E-state index in [2.05, 4.69) is 14.8 Å². The van der Waals surface area contributed by atoms with Crippen LogP contribution in [-0.4, -0.2) is 38.1 Å². The zero-order chi connectivity index (χ0) is 16.9. The Morgan fingerprint density at radius 3 is 1.78 bits per heavy atom. The number of carbonyl (C=O) groups is 3. The number of halogens is 1. The van der Waals surface area contributed by atoms with Gasteiger partial charge in [-0.2, -0.15) is 0 Å². The monoisotopic (exact) mass is 344 g/mol. The lowest BCUT2D eigenvalue weighted by atomic mass is 10.0. The molecule has 0 aliphatic heterocycles. The molecular weight excluding hydrogens is 324 g/mol. The van der Waals surface area contributed by atoms with Gasteiger partial charge in [-0.05, 0) is 25.1 Å². The van der Waals surface area contributed by atoms with Gasteiger partial charge in [0, 0.05) is 11.7 Å². The van der Waals surface area contributed by atoms with Crippen LogP contribution in [0.4, 0.5) is 5.69 Å². The Labute approximate surface area is 140 Å². The molecule has 1 amide bonds. The summed E-state index contributed by atoms with van der Waals surface area (Å²) in [5, 5.41) is 2.63. The maximum atomic E-state index is 12.0. The molecule has 1 rings (SSSR count). The second-order valence-electron chi connectivity index (χ2n) is 4.92. The van der Waals surface area contributed by atoms with Crippen LogP contribution >= 0.6 is 12.4 Å². The molecule has 1 aromatic rings. The molecular formula is C15H21ClN2O5. The van der Waals surface area contributed by atoms with Gasteiger partial charge in [-0.15, -0.1) is 12.4 Å². The fourth-order valence-electron chi connectivity index (χ4n) is 1.67. The number of nitrogens with two attached hydrogens (primary N) is 1. The van der Waals surface area contributed by atoms with Gasteiger partial charge in [-0.3, -0.25) is 4.79 Å². The maximum absolute atomic E-state index is 12.0. The molecule has 128 valence electrons. The van der Waals surface area contributed by atoms with E-state index in [-0.39, 0.29) is 35.5 Å². The second kappa shape index (κ2) is 9.12. The van der Waals surface area contributed by atoms with Crippen molar-refractivity contribution in [3.8, 4) is 0 Å². The molecule has 23 heavy (non-hydrogen) atoms. The summed E-state index contributed by atoms with van der Waals surface area (Å²) in [6.45, 7) is 3.40. The van der Waals surface area contributed by atoms with Crippen LogP contribution in [0.1, 0.15) is 34.6 Å². The van der Waals surface area contributed by atoms with Crippen LogP contribution in [0.3, 0.4) is 0 Å². The Morgan fingerprint density at radius 2 is 1.43 bits per heavy atom. The Kier molecular flexibility index (Phi) is 8.28. The normalized spacial score (nSPS) is 12.4. The number of hydrogen-bond donors (Lipinski definition) is 2. The first-order valence-corrected chi connectivity index (χ1v) is 6.68. The van der Waals surface area contributed by atoms with Crippen LogP contribution in [0, 0.1) is 5.92 Å². The first-order valence-electron chi connectivity index (χ1n) is 6.68. The van der Waals surface area contributed by atoms with E-state index in [1.807, 2.05) is 0 Å². The van der Waals surface area contributed by atoms with Crippen LogP contribution in [-0.2, 0) is 14.3 Å². The molecule has 0 saturated carbocycles. The standard InChI is InChI=1S/C15H20N2O5.ClH/c1-8(9(2)16)13(18)17-12-6-10(14(19)21-3)5-11(7-12)15(20)22-4;/h5-9H,16H2,1-4H3,(H,17,18);1H. The van der Waals surface area contributed by atoms with Gasteiger partial charge in [0.15, 0.2) is 0 Å². The number of methoxy groups -OCH3 is 2. The van der Waals surface area contributed by atoms with E-state index >= 15 is 0 Å². The molecule has 0 fully saturated rings. The molecule has 0 aliphatic carbocycles. The zero-order valence-corrected chi connectivity index (χ0v) is 14.2. The Hall–Kier alpha value is -2.12. The molecule has 8 heteroatoms. The van der Waals surface area contributed by atoms with E-state index in [0.29, 0.717) is 5.69 Å². The third-order valence-corrected chi connectivity index (χ3v) is 3.24. The van der Waals surface area contributed by atoms with Gasteiger partial charge in [-0.25, -0.2) is 9.59 Å². The van der Waals surface area contributed by atoms with E-state index in [4.69, 9.17) is 5.73 Å². The molecule has 0 heterocycles. The van der Waals surface area contributed by atoms with Crippen LogP contribution < -0.4 is 11.1 Å². The highest BCUT2D eigenvalue weighted by molar-refractivity contribution is 6.00. The molecule has 0 spiro atoms. The van der Waals surface area contributed by atoms with Crippen LogP contribution in [0.15, 0.2) is 18.2 Å². The number of benzene rings is 1. The number of anilines is 1. The van der Waals surface area contributed by atoms with Crippen molar-refractivity contribution in [2.24, 2.45) is 11.7 Å². The zero-order valence-electron chi connectivity index (χ0n) is 13.4. The van der Waals surface area contributed by atoms with Crippen LogP contribution in [0.5, 0.6) is 0 Å². The SMILES string of the molecule is COC(=O)c1cc(NC(=O)C(C)C(C)N)cc(C(=O)OC)c1.Cl. The number of nitrogens with one attached hydrogen (secondary N) is 1. The summed E-state index contributed by atoms with van der Waals surface area (Å²) in [4.78, 5) is 35.3. The van der Waals surface area contributed by atoms with Gasteiger partial charge in [0.1, 0.15) is 0 Å². The molecule has 3 N–H and O–H groups in total. The van der Waals surface area contributed by atoms with Crippen molar-refractivity contribution in [2.45, 2.75) is 19.9 Å². The molecule has 7 nitrogen and oxygen atoms in total. The lowest BCUT2D eigenvalue weighted by molar-refractivity contribution is -0.119. The summed E-state index contributed by atoms with van der Waals surface area (Å²) in [5.41, 5.74) is 6.24. The summed E-state index contributed by atoms with van der Waals surface area (Å²) in [6.07, 6.45) is 0. The predicted molar refractivity (Wildman–Crippen MR) is 87.8 cm³/mol. The van der Waals surface area contributed by atoms with Crippen LogP contribution in [0.2, 0.25) is 0 Å². The molecule has 2 atom stereocenters. The molecule has 0 aromatic heterocycles. The van der Waals surface area contributed by atoms with Gasteiger partial charge in [-0.1, -0.05) is 6.92 Å². The molecule has 0 saturated heterocycles. The average molecular weight is 345 g/mol. The third-order valence-electron chi connectivity index (χ3n) is 3.24. The molecule has 0 bridgehead atoms. The minimum absolute atomic E-state index is 0. The largest absolute Gasteiger partial charge is 0.465 e. The lowest BCUT2D eigenvalue weighted by Crippen LogP contribution is -2.34. The lowest BCUT2D eigenvalue weighted by Gasteiger charge is -2.16. The van der Waals surface area contributed by atoms with Gasteiger partial charge < -0.3 is 20.5 Å². The van der Waals surface area contributed by atoms with Crippen molar-refractivity contribution in [1.29, 1.82) is 0 Å². The number of amides is 1. The predicted octanol–water partition coefficient (Wildman–Crippen LogP) is 1.60. The molecule has 0 aliphatic rings. The number of ether oxygens (including phenoxy) is 2. The smallest absolute Gasteiger partial charge is 0.337 e. The Morgan fingerprint density at radius 1 is 1.00 bits per heavy atom. The number of rotatable bonds is 5. The van der Waals surface area contributed by atoms with E-state index < -0.39 is 17.9 Å².